The van der Waals surface area contributed by atoms with E-state index >= 15 is 0 Å². The SMILES string of the molecule is Cn1c(Nc2nc3ccc(OC(F)(F)F)cc3s2)nc2cc(C(=O)CCCOCC(F)F)ccc21. The van der Waals surface area contributed by atoms with Crippen LogP contribution in [-0.2, 0) is 11.8 Å². The average molecular weight is 514 g/mol. The summed E-state index contributed by atoms with van der Waals surface area (Å²) < 4.78 is 72.6. The fourth-order valence-corrected chi connectivity index (χ4v) is 4.28. The Morgan fingerprint density at radius 1 is 1.14 bits per heavy atom. The van der Waals surface area contributed by atoms with Crippen molar-refractivity contribution in [1.29, 1.82) is 0 Å². The average Bonchev–Trinajstić information content (AvgIpc) is 3.31. The molecule has 0 saturated heterocycles. The van der Waals surface area contributed by atoms with Crippen molar-refractivity contribution in [2.45, 2.75) is 25.6 Å². The van der Waals surface area contributed by atoms with E-state index in [9.17, 15) is 26.7 Å². The van der Waals surface area contributed by atoms with Gasteiger partial charge in [0.15, 0.2) is 10.9 Å². The van der Waals surface area contributed by atoms with Gasteiger partial charge in [0, 0.05) is 31.7 Å². The van der Waals surface area contributed by atoms with Crippen LogP contribution in [0.5, 0.6) is 5.75 Å². The highest BCUT2D eigenvalue weighted by Crippen LogP contribution is 2.33. The predicted molar refractivity (Wildman–Crippen MR) is 121 cm³/mol. The number of benzene rings is 2. The van der Waals surface area contributed by atoms with E-state index < -0.39 is 19.4 Å². The van der Waals surface area contributed by atoms with Crippen LogP contribution < -0.4 is 10.1 Å². The molecule has 13 heteroatoms. The Labute approximate surface area is 199 Å². The Morgan fingerprint density at radius 3 is 2.69 bits per heavy atom. The van der Waals surface area contributed by atoms with Crippen molar-refractivity contribution in [2.24, 2.45) is 7.05 Å². The third-order valence-corrected chi connectivity index (χ3v) is 5.88. The second kappa shape index (κ2) is 10.1. The lowest BCUT2D eigenvalue weighted by Gasteiger charge is -2.07. The number of Topliss-reactive ketones (excluding diaryl/α,β-unsaturated/α-hetero) is 1. The first-order valence-corrected chi connectivity index (χ1v) is 11.2. The molecule has 0 spiro atoms. The molecule has 7 nitrogen and oxygen atoms in total. The Bertz CT molecular complexity index is 1350. The summed E-state index contributed by atoms with van der Waals surface area (Å²) in [5.74, 6) is -0.0627. The highest BCUT2D eigenvalue weighted by atomic mass is 32.1. The fourth-order valence-electron chi connectivity index (χ4n) is 3.39. The van der Waals surface area contributed by atoms with Crippen molar-refractivity contribution in [3.63, 3.8) is 0 Å². The van der Waals surface area contributed by atoms with Crippen LogP contribution >= 0.6 is 11.3 Å². The number of carbonyl (C=O) groups is 1. The zero-order valence-corrected chi connectivity index (χ0v) is 19.1. The molecule has 0 atom stereocenters. The Morgan fingerprint density at radius 2 is 1.94 bits per heavy atom. The van der Waals surface area contributed by atoms with Crippen LogP contribution in [0.1, 0.15) is 23.2 Å². The first-order valence-electron chi connectivity index (χ1n) is 10.4. The van der Waals surface area contributed by atoms with Gasteiger partial charge in [-0.25, -0.2) is 18.7 Å². The maximum Gasteiger partial charge on any atom is 0.573 e. The number of nitrogens with one attached hydrogen (secondary N) is 1. The van der Waals surface area contributed by atoms with Gasteiger partial charge in [-0.1, -0.05) is 11.3 Å². The third kappa shape index (κ3) is 6.22. The molecule has 4 aromatic rings. The van der Waals surface area contributed by atoms with Gasteiger partial charge in [-0.05, 0) is 36.8 Å². The number of thiazole rings is 1. The second-order valence-electron chi connectivity index (χ2n) is 7.51. The van der Waals surface area contributed by atoms with Crippen molar-refractivity contribution in [2.75, 3.05) is 18.5 Å². The highest BCUT2D eigenvalue weighted by Gasteiger charge is 2.31. The van der Waals surface area contributed by atoms with E-state index in [0.29, 0.717) is 38.8 Å². The number of ketones is 1. The van der Waals surface area contributed by atoms with Crippen molar-refractivity contribution >= 4 is 49.4 Å². The van der Waals surface area contributed by atoms with Gasteiger partial charge in [-0.15, -0.1) is 13.2 Å². The minimum absolute atomic E-state index is 0.0714. The molecule has 1 N–H and O–H groups in total. The lowest BCUT2D eigenvalue weighted by molar-refractivity contribution is -0.274. The second-order valence-corrected chi connectivity index (χ2v) is 8.54. The van der Waals surface area contributed by atoms with E-state index in [4.69, 9.17) is 4.74 Å². The summed E-state index contributed by atoms with van der Waals surface area (Å²) in [7, 11) is 1.77. The quantitative estimate of drug-likeness (QED) is 0.157. The van der Waals surface area contributed by atoms with Gasteiger partial charge in [0.25, 0.3) is 6.43 Å². The summed E-state index contributed by atoms with van der Waals surface area (Å²) >= 11 is 1.14. The molecule has 2 heterocycles. The van der Waals surface area contributed by atoms with Crippen molar-refractivity contribution < 1.29 is 36.2 Å². The van der Waals surface area contributed by atoms with Crippen LogP contribution in [0.15, 0.2) is 36.4 Å². The number of imidazole rings is 1. The van der Waals surface area contributed by atoms with Crippen LogP contribution in [0, 0.1) is 0 Å². The molecule has 0 amide bonds. The van der Waals surface area contributed by atoms with E-state index in [1.54, 1.807) is 29.8 Å². The summed E-state index contributed by atoms with van der Waals surface area (Å²) in [6, 6.07) is 8.93. The maximum atomic E-state index is 12.5. The fraction of sp³-hybridized carbons (Fsp3) is 0.318. The topological polar surface area (TPSA) is 78.3 Å². The van der Waals surface area contributed by atoms with Crippen molar-refractivity contribution in [3.05, 3.63) is 42.0 Å². The monoisotopic (exact) mass is 514 g/mol. The van der Waals surface area contributed by atoms with E-state index in [-0.39, 0.29) is 24.6 Å². The maximum absolute atomic E-state index is 12.5. The molecule has 0 aliphatic rings. The minimum atomic E-state index is -4.78. The molecule has 0 fully saturated rings. The summed E-state index contributed by atoms with van der Waals surface area (Å²) in [6.45, 7) is -0.580. The number of alkyl halides is 5. The van der Waals surface area contributed by atoms with Gasteiger partial charge in [0.1, 0.15) is 12.4 Å². The van der Waals surface area contributed by atoms with Gasteiger partial charge in [-0.2, -0.15) is 0 Å². The molecule has 2 aromatic carbocycles. The number of anilines is 2. The molecule has 0 aliphatic carbocycles. The summed E-state index contributed by atoms with van der Waals surface area (Å²) in [6.07, 6.45) is -6.84. The van der Waals surface area contributed by atoms with Crippen LogP contribution in [0.25, 0.3) is 21.3 Å². The number of fused-ring (bicyclic) bond motifs is 2. The first-order chi connectivity index (χ1) is 16.6. The number of ether oxygens (including phenoxy) is 2. The zero-order chi connectivity index (χ0) is 25.2. The van der Waals surface area contributed by atoms with Gasteiger partial charge in [0.05, 0.1) is 21.3 Å². The van der Waals surface area contributed by atoms with Gasteiger partial charge in [-0.3, -0.25) is 4.79 Å². The predicted octanol–water partition coefficient (Wildman–Crippen LogP) is 6.07. The molecular weight excluding hydrogens is 495 g/mol. The number of aryl methyl sites for hydroxylation is 1. The van der Waals surface area contributed by atoms with E-state index in [1.807, 2.05) is 0 Å². The number of aromatic nitrogens is 3. The molecule has 0 unspecified atom stereocenters. The van der Waals surface area contributed by atoms with Gasteiger partial charge < -0.3 is 19.4 Å². The number of hydrogen-bond acceptors (Lipinski definition) is 7. The van der Waals surface area contributed by atoms with E-state index in [0.717, 1.165) is 16.9 Å². The number of rotatable bonds is 10. The number of hydrogen-bond donors (Lipinski definition) is 1. The molecular formula is C22H19F5N4O3S. The molecule has 0 radical (unpaired) electrons. The van der Waals surface area contributed by atoms with Crippen LogP contribution in [0.4, 0.5) is 33.0 Å². The normalized spacial score (nSPS) is 12.1. The van der Waals surface area contributed by atoms with Gasteiger partial charge >= 0.3 is 6.36 Å². The lowest BCUT2D eigenvalue weighted by Crippen LogP contribution is -2.16. The zero-order valence-electron chi connectivity index (χ0n) is 18.2. The number of carbonyl (C=O) groups excluding carboxylic acids is 1. The number of nitrogens with zero attached hydrogens (tertiary/aromatic N) is 3. The highest BCUT2D eigenvalue weighted by molar-refractivity contribution is 7.22. The Hall–Kier alpha value is -3.32. The smallest absolute Gasteiger partial charge is 0.406 e. The molecule has 186 valence electrons. The summed E-state index contributed by atoms with van der Waals surface area (Å²) in [5.41, 5.74) is 2.23. The Balaban J connectivity index is 1.46. The minimum Gasteiger partial charge on any atom is -0.406 e. The molecule has 4 rings (SSSR count). The summed E-state index contributed by atoms with van der Waals surface area (Å²) in [5, 5.41) is 3.48. The van der Waals surface area contributed by atoms with Crippen LogP contribution in [0.3, 0.4) is 0 Å². The molecule has 0 aliphatic heterocycles. The lowest BCUT2D eigenvalue weighted by atomic mass is 10.1. The summed E-state index contributed by atoms with van der Waals surface area (Å²) in [4.78, 5) is 21.3. The van der Waals surface area contributed by atoms with E-state index in [2.05, 4.69) is 20.0 Å². The van der Waals surface area contributed by atoms with Crippen LogP contribution in [0.2, 0.25) is 0 Å². The van der Waals surface area contributed by atoms with Crippen molar-refractivity contribution in [1.82, 2.24) is 14.5 Å². The largest absolute Gasteiger partial charge is 0.573 e. The molecule has 0 bridgehead atoms. The number of halogens is 5. The standard InChI is InChI=1S/C22H19F5N4O3S/c1-31-16-7-4-12(17(32)3-2-8-33-11-19(23)24)9-15(16)28-20(31)30-21-29-14-6-5-13(10-18(14)35-21)34-22(25,26)27/h4-7,9-10,19H,2-3,8,11H2,1H3,(H,28,29,30). The van der Waals surface area contributed by atoms with Crippen LogP contribution in [-0.4, -0.2) is 46.3 Å². The third-order valence-electron chi connectivity index (χ3n) is 4.95. The Kier molecular flexibility index (Phi) is 7.17. The van der Waals surface area contributed by atoms with Gasteiger partial charge in [0.2, 0.25) is 5.95 Å². The van der Waals surface area contributed by atoms with Crippen molar-refractivity contribution in [3.8, 4) is 5.75 Å². The van der Waals surface area contributed by atoms with E-state index in [1.165, 1.54) is 18.2 Å². The first kappa shape index (κ1) is 24.8. The molecule has 2 aromatic heterocycles. The molecule has 0 saturated carbocycles. The molecule has 35 heavy (non-hydrogen) atoms.